The van der Waals surface area contributed by atoms with Gasteiger partial charge in [-0.15, -0.1) is 0 Å². The van der Waals surface area contributed by atoms with Gasteiger partial charge in [0.1, 0.15) is 5.60 Å². The average Bonchev–Trinajstić information content (AvgIpc) is 2.49. The summed E-state index contributed by atoms with van der Waals surface area (Å²) in [4.78, 5) is 42.5. The van der Waals surface area contributed by atoms with Crippen LogP contribution in [0.1, 0.15) is 47.0 Å². The van der Waals surface area contributed by atoms with Gasteiger partial charge in [-0.25, -0.2) is 4.79 Å². The van der Waals surface area contributed by atoms with Gasteiger partial charge < -0.3 is 19.4 Å². The van der Waals surface area contributed by atoms with Gasteiger partial charge in [-0.1, -0.05) is 0 Å². The molecule has 2 fully saturated rings. The molecule has 0 aromatic heterocycles. The fraction of sp³-hybridized carbons (Fsp3) is 0.737. The SMILES string of the molecule is C[C@@H]1CC(N2CCC(=O)/C(=C\N(C)C)C2=O)CCN1C(=O)OC(C)(C)C. The van der Waals surface area contributed by atoms with Gasteiger partial charge in [0, 0.05) is 51.9 Å². The van der Waals surface area contributed by atoms with Gasteiger partial charge in [0.05, 0.1) is 5.57 Å². The van der Waals surface area contributed by atoms with Crippen molar-refractivity contribution in [3.05, 3.63) is 11.8 Å². The maximum atomic E-state index is 12.8. The van der Waals surface area contributed by atoms with Crippen molar-refractivity contribution >= 4 is 17.8 Å². The van der Waals surface area contributed by atoms with Crippen LogP contribution in [0.25, 0.3) is 0 Å². The molecule has 0 aliphatic carbocycles. The van der Waals surface area contributed by atoms with Crippen LogP contribution in [0, 0.1) is 0 Å². The third kappa shape index (κ3) is 4.77. The number of likely N-dealkylation sites (tertiary alicyclic amines) is 2. The number of hydrogen-bond acceptors (Lipinski definition) is 5. The molecule has 2 amide bonds. The van der Waals surface area contributed by atoms with E-state index in [0.717, 1.165) is 0 Å². The summed E-state index contributed by atoms with van der Waals surface area (Å²) in [6.45, 7) is 8.53. The molecule has 2 aliphatic heterocycles. The molecule has 146 valence electrons. The van der Waals surface area contributed by atoms with E-state index in [9.17, 15) is 14.4 Å². The largest absolute Gasteiger partial charge is 0.444 e. The quantitative estimate of drug-likeness (QED) is 0.553. The van der Waals surface area contributed by atoms with Crippen LogP contribution < -0.4 is 0 Å². The van der Waals surface area contributed by atoms with Crippen LogP contribution in [-0.2, 0) is 14.3 Å². The van der Waals surface area contributed by atoms with Gasteiger partial charge >= 0.3 is 6.09 Å². The molecule has 2 heterocycles. The minimum Gasteiger partial charge on any atom is -0.444 e. The van der Waals surface area contributed by atoms with Gasteiger partial charge in [-0.05, 0) is 40.5 Å². The normalized spacial score (nSPS) is 26.3. The molecule has 0 aromatic carbocycles. The highest BCUT2D eigenvalue weighted by atomic mass is 16.6. The van der Waals surface area contributed by atoms with Crippen LogP contribution in [0.15, 0.2) is 11.8 Å². The van der Waals surface area contributed by atoms with Gasteiger partial charge in [0.25, 0.3) is 5.91 Å². The number of ether oxygens (including phenoxy) is 1. The van der Waals surface area contributed by atoms with Crippen molar-refractivity contribution in [3.63, 3.8) is 0 Å². The highest BCUT2D eigenvalue weighted by Gasteiger charge is 2.39. The summed E-state index contributed by atoms with van der Waals surface area (Å²) in [5.41, 5.74) is -0.272. The summed E-state index contributed by atoms with van der Waals surface area (Å²) >= 11 is 0. The van der Waals surface area contributed by atoms with E-state index in [4.69, 9.17) is 4.74 Å². The zero-order valence-electron chi connectivity index (χ0n) is 16.7. The van der Waals surface area contributed by atoms with Crippen LogP contribution in [-0.4, -0.2) is 77.4 Å². The molecule has 0 spiro atoms. The number of carbonyl (C=O) groups excluding carboxylic acids is 3. The number of piperidine rings is 2. The van der Waals surface area contributed by atoms with Crippen molar-refractivity contribution in [1.82, 2.24) is 14.7 Å². The lowest BCUT2D eigenvalue weighted by Crippen LogP contribution is -2.55. The van der Waals surface area contributed by atoms with Crippen molar-refractivity contribution in [3.8, 4) is 0 Å². The highest BCUT2D eigenvalue weighted by Crippen LogP contribution is 2.27. The third-order valence-electron chi connectivity index (χ3n) is 4.68. The first kappa shape index (κ1) is 20.3. The molecule has 7 heteroatoms. The van der Waals surface area contributed by atoms with Gasteiger partial charge in [-0.2, -0.15) is 0 Å². The Morgan fingerprint density at radius 1 is 1.23 bits per heavy atom. The van der Waals surface area contributed by atoms with Crippen molar-refractivity contribution in [1.29, 1.82) is 0 Å². The number of nitrogens with zero attached hydrogens (tertiary/aromatic N) is 3. The summed E-state index contributed by atoms with van der Waals surface area (Å²) in [6, 6.07) is 0.0187. The molecule has 0 saturated carbocycles. The number of Topliss-reactive ketones (excluding diaryl/α,β-unsaturated/α-hetero) is 1. The second-order valence-corrected chi connectivity index (χ2v) is 8.38. The maximum absolute atomic E-state index is 12.8. The minimum absolute atomic E-state index is 0.0182. The van der Waals surface area contributed by atoms with E-state index in [1.165, 1.54) is 0 Å². The maximum Gasteiger partial charge on any atom is 0.410 e. The summed E-state index contributed by atoms with van der Waals surface area (Å²) in [7, 11) is 3.60. The van der Waals surface area contributed by atoms with E-state index in [-0.39, 0.29) is 35.4 Å². The van der Waals surface area contributed by atoms with E-state index in [1.807, 2.05) is 27.7 Å². The van der Waals surface area contributed by atoms with Crippen molar-refractivity contribution in [2.24, 2.45) is 0 Å². The Morgan fingerprint density at radius 3 is 2.42 bits per heavy atom. The molecule has 0 aromatic rings. The first-order valence-corrected chi connectivity index (χ1v) is 9.21. The third-order valence-corrected chi connectivity index (χ3v) is 4.68. The van der Waals surface area contributed by atoms with Crippen LogP contribution in [0.2, 0.25) is 0 Å². The van der Waals surface area contributed by atoms with E-state index in [0.29, 0.717) is 32.4 Å². The second-order valence-electron chi connectivity index (χ2n) is 8.38. The fourth-order valence-corrected chi connectivity index (χ4v) is 3.49. The Hall–Kier alpha value is -2.05. The molecule has 2 rings (SSSR count). The van der Waals surface area contributed by atoms with Crippen molar-refractivity contribution < 1.29 is 19.1 Å². The van der Waals surface area contributed by atoms with Crippen LogP contribution in [0.3, 0.4) is 0 Å². The van der Waals surface area contributed by atoms with Crippen LogP contribution >= 0.6 is 0 Å². The number of rotatable bonds is 2. The first-order valence-electron chi connectivity index (χ1n) is 9.21. The Bertz CT molecular complexity index is 606. The topological polar surface area (TPSA) is 70.2 Å². The zero-order chi connectivity index (χ0) is 19.6. The predicted molar refractivity (Wildman–Crippen MR) is 98.5 cm³/mol. The van der Waals surface area contributed by atoms with Crippen LogP contribution in [0.5, 0.6) is 0 Å². The number of hydrogen-bond donors (Lipinski definition) is 0. The lowest BCUT2D eigenvalue weighted by atomic mass is 9.93. The van der Waals surface area contributed by atoms with Gasteiger partial charge in [0.15, 0.2) is 5.78 Å². The smallest absolute Gasteiger partial charge is 0.410 e. The van der Waals surface area contributed by atoms with E-state index < -0.39 is 5.60 Å². The number of amides is 2. The first-order chi connectivity index (χ1) is 12.0. The summed E-state index contributed by atoms with van der Waals surface area (Å²) in [5, 5.41) is 0. The fourth-order valence-electron chi connectivity index (χ4n) is 3.49. The summed E-state index contributed by atoms with van der Waals surface area (Å²) < 4.78 is 5.47. The molecule has 26 heavy (non-hydrogen) atoms. The minimum atomic E-state index is -0.525. The van der Waals surface area contributed by atoms with Gasteiger partial charge in [0.2, 0.25) is 0 Å². The molecular formula is C19H31N3O4. The second kappa shape index (κ2) is 7.68. The molecule has 7 nitrogen and oxygen atoms in total. The average molecular weight is 365 g/mol. The lowest BCUT2D eigenvalue weighted by Gasteiger charge is -2.43. The summed E-state index contributed by atoms with van der Waals surface area (Å²) in [5.74, 6) is -0.294. The molecule has 0 bridgehead atoms. The van der Waals surface area contributed by atoms with E-state index >= 15 is 0 Å². The Balaban J connectivity index is 2.05. The molecule has 2 atom stereocenters. The van der Waals surface area contributed by atoms with Gasteiger partial charge in [-0.3, -0.25) is 9.59 Å². The lowest BCUT2D eigenvalue weighted by molar-refractivity contribution is -0.136. The summed E-state index contributed by atoms with van der Waals surface area (Å²) in [6.07, 6.45) is 3.03. The van der Waals surface area contributed by atoms with Crippen molar-refractivity contribution in [2.75, 3.05) is 27.2 Å². The molecular weight excluding hydrogens is 334 g/mol. The van der Waals surface area contributed by atoms with Crippen molar-refractivity contribution in [2.45, 2.75) is 64.6 Å². The zero-order valence-corrected chi connectivity index (χ0v) is 16.7. The molecule has 1 unspecified atom stereocenters. The van der Waals surface area contributed by atoms with Crippen LogP contribution in [0.4, 0.5) is 4.79 Å². The molecule has 2 aliphatic rings. The molecule has 0 radical (unpaired) electrons. The Labute approximate surface area is 155 Å². The Morgan fingerprint density at radius 2 is 1.88 bits per heavy atom. The Kier molecular flexibility index (Phi) is 5.98. The van der Waals surface area contributed by atoms with E-state index in [2.05, 4.69) is 0 Å². The highest BCUT2D eigenvalue weighted by molar-refractivity contribution is 6.20. The molecule has 0 N–H and O–H groups in total. The monoisotopic (exact) mass is 365 g/mol. The molecule has 2 saturated heterocycles. The predicted octanol–water partition coefficient (Wildman–Crippen LogP) is 2.02. The standard InChI is InChI=1S/C19H31N3O4/c1-13-11-14(7-9-21(13)18(25)26-19(2,3)4)22-10-8-16(23)15(17(22)24)12-20(5)6/h12-14H,7-11H2,1-6H3/b15-12+/t13-,14?/m1/s1. The number of ketones is 1. The van der Waals surface area contributed by atoms with E-state index in [1.54, 1.807) is 35.0 Å². The number of carbonyl (C=O) groups is 3.